The quantitative estimate of drug-likeness (QED) is 0.854. The summed E-state index contributed by atoms with van der Waals surface area (Å²) < 4.78 is 5.19. The van der Waals surface area contributed by atoms with Crippen LogP contribution < -0.4 is 5.32 Å². The third-order valence-corrected chi connectivity index (χ3v) is 3.68. The van der Waals surface area contributed by atoms with Gasteiger partial charge in [0.05, 0.1) is 12.8 Å². The highest BCUT2D eigenvalue weighted by atomic mass is 16.3. The van der Waals surface area contributed by atoms with E-state index < -0.39 is 6.04 Å². The summed E-state index contributed by atoms with van der Waals surface area (Å²) in [4.78, 5) is 26.2. The van der Waals surface area contributed by atoms with Crippen molar-refractivity contribution in [2.24, 2.45) is 0 Å². The van der Waals surface area contributed by atoms with Gasteiger partial charge in [-0.25, -0.2) is 0 Å². The average molecular weight is 314 g/mol. The van der Waals surface area contributed by atoms with Gasteiger partial charge in [0.15, 0.2) is 0 Å². The molecule has 5 nitrogen and oxygen atoms in total. The minimum absolute atomic E-state index is 0.0468. The lowest BCUT2D eigenvalue weighted by molar-refractivity contribution is -0.140. The number of benzene rings is 1. The van der Waals surface area contributed by atoms with E-state index in [1.165, 1.54) is 0 Å². The second-order valence-electron chi connectivity index (χ2n) is 5.33. The van der Waals surface area contributed by atoms with E-state index in [-0.39, 0.29) is 11.8 Å². The molecule has 5 heteroatoms. The Hall–Kier alpha value is -2.56. The highest BCUT2D eigenvalue weighted by Gasteiger charge is 2.24. The molecular weight excluding hydrogens is 292 g/mol. The number of furan rings is 1. The van der Waals surface area contributed by atoms with Crippen molar-refractivity contribution in [3.8, 4) is 0 Å². The van der Waals surface area contributed by atoms with Crippen molar-refractivity contribution in [2.45, 2.75) is 39.4 Å². The first-order chi connectivity index (χ1) is 11.1. The topological polar surface area (TPSA) is 62.6 Å². The van der Waals surface area contributed by atoms with Crippen molar-refractivity contribution in [1.82, 2.24) is 10.2 Å². The van der Waals surface area contributed by atoms with Gasteiger partial charge in [0, 0.05) is 13.0 Å². The highest BCUT2D eigenvalue weighted by Crippen LogP contribution is 2.11. The maximum atomic E-state index is 12.3. The molecule has 0 saturated heterocycles. The molecule has 0 aliphatic heterocycles. The van der Waals surface area contributed by atoms with Crippen LogP contribution in [0.5, 0.6) is 0 Å². The molecule has 1 aromatic carbocycles. The minimum atomic E-state index is -0.544. The molecule has 1 heterocycles. The molecule has 0 aliphatic carbocycles. The van der Waals surface area contributed by atoms with Gasteiger partial charge in [-0.05, 0) is 24.6 Å². The minimum Gasteiger partial charge on any atom is -0.467 e. The molecule has 1 unspecified atom stereocenters. The van der Waals surface area contributed by atoms with Crippen LogP contribution in [0.3, 0.4) is 0 Å². The third kappa shape index (κ3) is 4.71. The molecule has 2 aromatic rings. The normalized spacial score (nSPS) is 11.7. The van der Waals surface area contributed by atoms with E-state index in [2.05, 4.69) is 5.32 Å². The van der Waals surface area contributed by atoms with Crippen molar-refractivity contribution in [2.75, 3.05) is 0 Å². The summed E-state index contributed by atoms with van der Waals surface area (Å²) in [5, 5.41) is 2.80. The number of carbonyl (C=O) groups excluding carboxylic acids is 2. The summed E-state index contributed by atoms with van der Waals surface area (Å²) in [5.41, 5.74) is 1.000. The summed E-state index contributed by atoms with van der Waals surface area (Å²) in [6, 6.07) is 12.7. The zero-order valence-electron chi connectivity index (χ0n) is 13.5. The predicted octanol–water partition coefficient (Wildman–Crippen LogP) is 2.72. The van der Waals surface area contributed by atoms with E-state index in [0.29, 0.717) is 25.3 Å². The van der Waals surface area contributed by atoms with E-state index in [0.717, 1.165) is 5.56 Å². The van der Waals surface area contributed by atoms with Gasteiger partial charge in [0.1, 0.15) is 11.8 Å². The van der Waals surface area contributed by atoms with Gasteiger partial charge in [-0.3, -0.25) is 9.59 Å². The zero-order valence-corrected chi connectivity index (χ0v) is 13.5. The smallest absolute Gasteiger partial charge is 0.242 e. The molecule has 2 amide bonds. The first kappa shape index (κ1) is 16.8. The highest BCUT2D eigenvalue weighted by molar-refractivity contribution is 5.87. The lowest BCUT2D eigenvalue weighted by Gasteiger charge is -2.28. The molecule has 0 aliphatic rings. The molecule has 1 aromatic heterocycles. The monoisotopic (exact) mass is 314 g/mol. The van der Waals surface area contributed by atoms with Crippen LogP contribution >= 0.6 is 0 Å². The zero-order chi connectivity index (χ0) is 16.7. The Morgan fingerprint density at radius 3 is 2.52 bits per heavy atom. The molecule has 0 bridgehead atoms. The van der Waals surface area contributed by atoms with Crippen LogP contribution in [0, 0.1) is 0 Å². The second-order valence-corrected chi connectivity index (χ2v) is 5.33. The predicted molar refractivity (Wildman–Crippen MR) is 87.3 cm³/mol. The van der Waals surface area contributed by atoms with Crippen molar-refractivity contribution in [3.63, 3.8) is 0 Å². The Labute approximate surface area is 136 Å². The Morgan fingerprint density at radius 1 is 1.17 bits per heavy atom. The third-order valence-electron chi connectivity index (χ3n) is 3.68. The van der Waals surface area contributed by atoms with Gasteiger partial charge in [-0.15, -0.1) is 0 Å². The van der Waals surface area contributed by atoms with E-state index in [9.17, 15) is 9.59 Å². The molecule has 0 fully saturated rings. The van der Waals surface area contributed by atoms with Crippen LogP contribution in [0.1, 0.15) is 31.6 Å². The van der Waals surface area contributed by atoms with Crippen LogP contribution in [0.2, 0.25) is 0 Å². The molecule has 1 atom stereocenters. The number of nitrogens with zero attached hydrogens (tertiary/aromatic N) is 1. The van der Waals surface area contributed by atoms with Crippen molar-refractivity contribution < 1.29 is 14.0 Å². The fourth-order valence-corrected chi connectivity index (χ4v) is 2.30. The first-order valence-corrected chi connectivity index (χ1v) is 7.75. The number of hydrogen-bond acceptors (Lipinski definition) is 3. The maximum absolute atomic E-state index is 12.3. The average Bonchev–Trinajstić information content (AvgIpc) is 3.10. The summed E-state index contributed by atoms with van der Waals surface area (Å²) in [6.45, 7) is 4.28. The number of nitrogens with one attached hydrogen (secondary N) is 1. The largest absolute Gasteiger partial charge is 0.467 e. The fraction of sp³-hybridized carbons (Fsp3) is 0.333. The van der Waals surface area contributed by atoms with Gasteiger partial charge in [0.25, 0.3) is 0 Å². The van der Waals surface area contributed by atoms with Crippen LogP contribution in [0.15, 0.2) is 53.1 Å². The Balaban J connectivity index is 2.01. The lowest BCUT2D eigenvalue weighted by Crippen LogP contribution is -2.47. The first-order valence-electron chi connectivity index (χ1n) is 7.75. The van der Waals surface area contributed by atoms with Gasteiger partial charge in [0.2, 0.25) is 11.8 Å². The lowest BCUT2D eigenvalue weighted by atomic mass is 10.1. The molecule has 2 rings (SSSR count). The number of hydrogen-bond donors (Lipinski definition) is 1. The van der Waals surface area contributed by atoms with E-state index in [4.69, 9.17) is 4.42 Å². The van der Waals surface area contributed by atoms with Gasteiger partial charge >= 0.3 is 0 Å². The Morgan fingerprint density at radius 2 is 1.91 bits per heavy atom. The van der Waals surface area contributed by atoms with Crippen LogP contribution in [-0.2, 0) is 22.7 Å². The molecule has 23 heavy (non-hydrogen) atoms. The summed E-state index contributed by atoms with van der Waals surface area (Å²) in [5.74, 6) is 0.440. The molecule has 0 saturated carbocycles. The number of carbonyl (C=O) groups is 2. The van der Waals surface area contributed by atoms with Gasteiger partial charge in [-0.1, -0.05) is 37.3 Å². The second kappa shape index (κ2) is 8.17. The van der Waals surface area contributed by atoms with Crippen LogP contribution in [0.4, 0.5) is 0 Å². The fourth-order valence-electron chi connectivity index (χ4n) is 2.30. The number of rotatable bonds is 7. The van der Waals surface area contributed by atoms with Crippen LogP contribution in [0.25, 0.3) is 0 Å². The number of amides is 2. The van der Waals surface area contributed by atoms with E-state index in [1.807, 2.05) is 30.3 Å². The van der Waals surface area contributed by atoms with Crippen LogP contribution in [-0.4, -0.2) is 22.8 Å². The molecule has 1 N–H and O–H groups in total. The van der Waals surface area contributed by atoms with Gasteiger partial charge < -0.3 is 14.6 Å². The van der Waals surface area contributed by atoms with E-state index >= 15 is 0 Å². The maximum Gasteiger partial charge on any atom is 0.242 e. The molecule has 0 radical (unpaired) electrons. The molecule has 122 valence electrons. The van der Waals surface area contributed by atoms with Crippen molar-refractivity contribution in [1.29, 1.82) is 0 Å². The summed E-state index contributed by atoms with van der Waals surface area (Å²) >= 11 is 0. The SMILES string of the molecule is CCC(=O)N(Cc1ccccc1)C(C)C(=O)NCc1ccco1. The van der Waals surface area contributed by atoms with Crippen molar-refractivity contribution >= 4 is 11.8 Å². The summed E-state index contributed by atoms with van der Waals surface area (Å²) in [7, 11) is 0. The molecule has 0 spiro atoms. The molecular formula is C18H22N2O3. The summed E-state index contributed by atoms with van der Waals surface area (Å²) in [6.07, 6.45) is 1.93. The van der Waals surface area contributed by atoms with Gasteiger partial charge in [-0.2, -0.15) is 0 Å². The Kier molecular flexibility index (Phi) is 5.97. The van der Waals surface area contributed by atoms with Crippen molar-refractivity contribution in [3.05, 3.63) is 60.1 Å². The van der Waals surface area contributed by atoms with E-state index in [1.54, 1.807) is 37.1 Å². The standard InChI is InChI=1S/C18H22N2O3/c1-3-17(21)20(13-15-8-5-4-6-9-15)14(2)18(22)19-12-16-10-7-11-23-16/h4-11,14H,3,12-13H2,1-2H3,(H,19,22). The Bertz CT molecular complexity index is 623.